The summed E-state index contributed by atoms with van der Waals surface area (Å²) >= 11 is 6.23. The lowest BCUT2D eigenvalue weighted by Crippen LogP contribution is -2.52. The molecule has 0 spiro atoms. The van der Waals surface area contributed by atoms with Crippen molar-refractivity contribution in [1.82, 2.24) is 49.7 Å². The molecule has 10 N–H and O–H groups in total. The lowest BCUT2D eigenvalue weighted by Gasteiger charge is -2.43. The topological polar surface area (TPSA) is 299 Å². The van der Waals surface area contributed by atoms with Gasteiger partial charge >= 0.3 is 19.3 Å². The van der Waals surface area contributed by atoms with Gasteiger partial charge < -0.3 is 61.7 Å². The number of nitrogens with two attached hydrogens (primary N) is 2. The van der Waals surface area contributed by atoms with E-state index in [1.165, 1.54) is 0 Å². The summed E-state index contributed by atoms with van der Waals surface area (Å²) in [5.41, 5.74) is 22.2. The van der Waals surface area contributed by atoms with E-state index < -0.39 is 34.5 Å². The van der Waals surface area contributed by atoms with Gasteiger partial charge in [0.25, 0.3) is 0 Å². The molecule has 22 nitrogen and oxygen atoms in total. The normalized spacial score (nSPS) is 15.7. The third-order valence-electron chi connectivity index (χ3n) is 17.8. The Bertz CT molecular complexity index is 4470. The minimum Gasteiger partial charge on any atom is -0.444 e. The van der Waals surface area contributed by atoms with Crippen LogP contribution >= 0.6 is 11.6 Å². The molecule has 510 valence electrons. The molecule has 10 aromatic rings. The molecule has 0 unspecified atom stereocenters. The number of carbonyl (C=O) groups is 2. The van der Waals surface area contributed by atoms with Crippen LogP contribution < -0.4 is 38.2 Å². The maximum Gasteiger partial charge on any atom is 0.494 e. The molecule has 6 aromatic heterocycles. The third-order valence-corrected chi connectivity index (χ3v) is 18.0. The molecule has 7 heterocycles. The van der Waals surface area contributed by atoms with Crippen LogP contribution in [0.25, 0.3) is 67.7 Å². The maximum absolute atomic E-state index is 12.7. The number of hydrogen-bond donors (Lipinski definition) is 8. The summed E-state index contributed by atoms with van der Waals surface area (Å²) in [5.74, 6) is 2.00. The first-order valence-electron chi connectivity index (χ1n) is 33.0. The number of anilines is 4. The highest BCUT2D eigenvalue weighted by Crippen LogP contribution is 2.44. The van der Waals surface area contributed by atoms with E-state index in [9.17, 15) is 14.7 Å². The van der Waals surface area contributed by atoms with Crippen LogP contribution in [0.2, 0.25) is 5.15 Å². The van der Waals surface area contributed by atoms with E-state index >= 15 is 0 Å². The van der Waals surface area contributed by atoms with Gasteiger partial charge in [-0.1, -0.05) is 60.1 Å². The number of aromatic nitrogens is 8. The summed E-state index contributed by atoms with van der Waals surface area (Å²) in [6.45, 7) is 20.5. The largest absolute Gasteiger partial charge is 0.494 e. The van der Waals surface area contributed by atoms with Gasteiger partial charge in [-0.3, -0.25) is 9.13 Å². The van der Waals surface area contributed by atoms with E-state index in [2.05, 4.69) is 36.2 Å². The van der Waals surface area contributed by atoms with E-state index in [1.807, 2.05) is 218 Å². The Morgan fingerprint density at radius 2 is 1.02 bits per heavy atom. The number of benzene rings is 4. The summed E-state index contributed by atoms with van der Waals surface area (Å²) in [6.07, 6.45) is 7.94. The van der Waals surface area contributed by atoms with Crippen molar-refractivity contribution in [2.45, 2.75) is 141 Å². The number of amides is 2. The first-order valence-corrected chi connectivity index (χ1v) is 33.4. The van der Waals surface area contributed by atoms with Crippen LogP contribution in [0.3, 0.4) is 0 Å². The molecule has 1 saturated heterocycles. The zero-order valence-electron chi connectivity index (χ0n) is 57.1. The summed E-state index contributed by atoms with van der Waals surface area (Å²) in [6, 6.07) is 46.9. The molecule has 13 rings (SSSR count). The summed E-state index contributed by atoms with van der Waals surface area (Å²) in [4.78, 5) is 53.1. The van der Waals surface area contributed by atoms with Crippen LogP contribution in [0.15, 0.2) is 158 Å². The fourth-order valence-corrected chi connectivity index (χ4v) is 12.1. The first-order chi connectivity index (χ1) is 46.7. The zero-order chi connectivity index (χ0) is 69.8. The van der Waals surface area contributed by atoms with Crippen molar-refractivity contribution in [3.8, 4) is 45.4 Å². The van der Waals surface area contributed by atoms with Crippen LogP contribution in [0.1, 0.15) is 119 Å². The highest BCUT2D eigenvalue weighted by atomic mass is 35.5. The summed E-state index contributed by atoms with van der Waals surface area (Å²) in [5, 5.41) is 31.0. The number of nitrogens with zero attached hydrogens (tertiary/aromatic N) is 8. The predicted molar refractivity (Wildman–Crippen MR) is 387 cm³/mol. The standard InChI is InChI=1S/C34H37N7O3.C26H27ClN6O2.C14H22BNO3/c1-33(2,3)44-32(43)40-34(16-6-17-34)23-10-12-25(13-11-23)41-30(26-9-5-18-37-29(26)35)39-28-15-14-27(38-31(28)41)22-7-4-8-24(21-22)36-19-20-42;1-25(2,3)35-24(34)32-26(13-5-14-26)16-7-9-17(10-8-16)33-22(18-6-4-15-29-21(18)28)30-19-11-12-20(27)31-23(19)33;1-13(2)14(3,4)19-15(18-13)11-6-5-7-12(10-11)16-8-9-17/h4-5,7-15,18,21,36,42H,6,16-17,19-20H2,1-3H3,(H2,35,37)(H,40,43);4,6-12,15H,5,13-14H2,1-3H3,(H2,28,29)(H,32,34);5-7,10,16-17H,8-9H2,1-4H3. The molecular formula is C74H86BClN14O8. The molecule has 2 amide bonds. The van der Waals surface area contributed by atoms with Crippen LogP contribution in [0, 0.1) is 0 Å². The predicted octanol–water partition coefficient (Wildman–Crippen LogP) is 13.1. The van der Waals surface area contributed by atoms with Gasteiger partial charge in [-0.2, -0.15) is 0 Å². The van der Waals surface area contributed by atoms with E-state index in [0.717, 1.165) is 89.1 Å². The number of hydrogen-bond acceptors (Lipinski definition) is 18. The third kappa shape index (κ3) is 15.5. The van der Waals surface area contributed by atoms with Crippen molar-refractivity contribution in [3.63, 3.8) is 0 Å². The Labute approximate surface area is 576 Å². The maximum atomic E-state index is 12.7. The van der Waals surface area contributed by atoms with Crippen LogP contribution in [0.4, 0.5) is 32.6 Å². The lowest BCUT2D eigenvalue weighted by molar-refractivity contribution is 0.00578. The Kier molecular flexibility index (Phi) is 20.2. The van der Waals surface area contributed by atoms with Crippen molar-refractivity contribution in [1.29, 1.82) is 0 Å². The molecule has 3 aliphatic rings. The van der Waals surface area contributed by atoms with E-state index in [0.29, 0.717) is 75.0 Å². The van der Waals surface area contributed by atoms with Gasteiger partial charge in [0.1, 0.15) is 39.0 Å². The van der Waals surface area contributed by atoms with Crippen molar-refractivity contribution in [2.24, 2.45) is 0 Å². The Hall–Kier alpha value is -9.65. The van der Waals surface area contributed by atoms with Crippen molar-refractivity contribution < 1.29 is 38.6 Å². The van der Waals surface area contributed by atoms with Gasteiger partial charge in [-0.25, -0.2) is 39.5 Å². The monoisotopic (exact) mass is 1340 g/mol. The number of nitrogens with one attached hydrogen (secondary N) is 4. The molecule has 3 fully saturated rings. The van der Waals surface area contributed by atoms with Crippen molar-refractivity contribution >= 4 is 81.7 Å². The highest BCUT2D eigenvalue weighted by Gasteiger charge is 2.52. The van der Waals surface area contributed by atoms with Crippen LogP contribution in [-0.4, -0.2) is 117 Å². The number of carbonyl (C=O) groups excluding carboxylic acids is 2. The number of aliphatic hydroxyl groups is 2. The average Bonchev–Trinajstić information content (AvgIpc) is 1.97. The Balaban J connectivity index is 0.000000160. The quantitative estimate of drug-likeness (QED) is 0.0329. The smallest absolute Gasteiger partial charge is 0.444 e. The number of nitrogen functional groups attached to an aromatic ring is 2. The highest BCUT2D eigenvalue weighted by molar-refractivity contribution is 6.62. The molecule has 24 heteroatoms. The SMILES string of the molecule is CC(C)(C)OC(=O)NC1(c2ccc(-n3c(-c4cccnc4N)nc4ccc(-c5cccc(NCCO)c5)nc43)cc2)CCC1.CC(C)(C)OC(=O)NC1(c2ccc(-n3c(-c4cccnc4N)nc4ccc(Cl)nc43)cc2)CCC1.CC1(C)OB(c2cccc(NCCO)c2)OC1(C)C. The second-order valence-corrected chi connectivity index (χ2v) is 28.1. The van der Waals surface area contributed by atoms with E-state index in [4.69, 9.17) is 61.9 Å². The molecule has 2 saturated carbocycles. The Morgan fingerprint density at radius 3 is 1.46 bits per heavy atom. The number of alkyl carbamates (subject to hydrolysis) is 2. The first kappa shape index (κ1) is 69.7. The van der Waals surface area contributed by atoms with Gasteiger partial charge in [0, 0.05) is 53.8 Å². The fourth-order valence-electron chi connectivity index (χ4n) is 12.0. The molecule has 0 radical (unpaired) electrons. The van der Waals surface area contributed by atoms with Gasteiger partial charge in [0.05, 0.1) is 52.3 Å². The van der Waals surface area contributed by atoms with Crippen LogP contribution in [0.5, 0.6) is 0 Å². The second kappa shape index (κ2) is 28.4. The Morgan fingerprint density at radius 1 is 0.571 bits per heavy atom. The number of halogens is 1. The van der Waals surface area contributed by atoms with Crippen LogP contribution in [-0.2, 0) is 29.9 Å². The molecule has 0 bridgehead atoms. The van der Waals surface area contributed by atoms with Crippen molar-refractivity contribution in [2.75, 3.05) is 48.4 Å². The fraction of sp³-hybridized carbons (Fsp3) is 0.351. The van der Waals surface area contributed by atoms with Gasteiger partial charge in [0.2, 0.25) is 0 Å². The molecule has 98 heavy (non-hydrogen) atoms. The van der Waals surface area contributed by atoms with E-state index in [-0.39, 0.29) is 31.5 Å². The van der Waals surface area contributed by atoms with Gasteiger partial charge in [-0.05, 0) is 221 Å². The molecule has 0 atom stereocenters. The number of aliphatic hydroxyl groups excluding tert-OH is 2. The number of fused-ring (bicyclic) bond motifs is 2. The van der Waals surface area contributed by atoms with Crippen molar-refractivity contribution in [3.05, 3.63) is 174 Å². The number of imidazole rings is 2. The number of ether oxygens (including phenoxy) is 2. The second-order valence-electron chi connectivity index (χ2n) is 27.7. The zero-order valence-corrected chi connectivity index (χ0v) is 57.9. The van der Waals surface area contributed by atoms with E-state index in [1.54, 1.807) is 18.5 Å². The summed E-state index contributed by atoms with van der Waals surface area (Å²) in [7, 11) is -0.346. The molecular weight excluding hydrogens is 1260 g/mol. The minimum absolute atomic E-state index is 0.0465. The minimum atomic E-state index is -0.574. The van der Waals surface area contributed by atoms with Gasteiger partial charge in [-0.15, -0.1) is 0 Å². The molecule has 4 aromatic carbocycles. The summed E-state index contributed by atoms with van der Waals surface area (Å²) < 4.78 is 27.0. The molecule has 2 aliphatic carbocycles. The number of rotatable bonds is 16. The number of pyridine rings is 4. The average molecular weight is 1350 g/mol. The molecule has 1 aliphatic heterocycles. The van der Waals surface area contributed by atoms with Gasteiger partial charge in [0.15, 0.2) is 22.9 Å². The lowest BCUT2D eigenvalue weighted by atomic mass is 9.72.